The maximum atomic E-state index is 2.65. The van der Waals surface area contributed by atoms with Gasteiger partial charge in [-0.1, -0.05) is 0 Å². The van der Waals surface area contributed by atoms with E-state index in [1.54, 1.807) is 0 Å². The lowest BCUT2D eigenvalue weighted by molar-refractivity contribution is -0.00189. The third-order valence-corrected chi connectivity index (χ3v) is 3.76. The number of nitrogens with zero attached hydrogens (tertiary/aromatic N) is 2. The SMILES string of the molecule is CC(C)(N1CCCC1)N1CCCC1. The monoisotopic (exact) mass is 182 g/mol. The molecule has 2 aliphatic heterocycles. The summed E-state index contributed by atoms with van der Waals surface area (Å²) in [4.78, 5) is 5.30. The summed E-state index contributed by atoms with van der Waals surface area (Å²) >= 11 is 0. The van der Waals surface area contributed by atoms with Crippen molar-refractivity contribution < 1.29 is 0 Å². The Morgan fingerprint density at radius 1 is 0.692 bits per heavy atom. The largest absolute Gasteiger partial charge is 0.286 e. The fraction of sp³-hybridized carbons (Fsp3) is 1.00. The van der Waals surface area contributed by atoms with Crippen LogP contribution in [0.4, 0.5) is 0 Å². The van der Waals surface area contributed by atoms with Crippen LogP contribution in [-0.2, 0) is 0 Å². The Morgan fingerprint density at radius 2 is 1.00 bits per heavy atom. The quantitative estimate of drug-likeness (QED) is 0.643. The lowest BCUT2D eigenvalue weighted by Crippen LogP contribution is -2.54. The van der Waals surface area contributed by atoms with Crippen molar-refractivity contribution in [3.05, 3.63) is 0 Å². The summed E-state index contributed by atoms with van der Waals surface area (Å²) in [6.45, 7) is 10.0. The first-order chi connectivity index (χ1) is 6.21. The first-order valence-electron chi connectivity index (χ1n) is 5.71. The molecule has 0 atom stereocenters. The van der Waals surface area contributed by atoms with E-state index in [1.165, 1.54) is 51.9 Å². The zero-order chi connectivity index (χ0) is 9.31. The number of rotatable bonds is 2. The first kappa shape index (κ1) is 9.47. The summed E-state index contributed by atoms with van der Waals surface area (Å²) in [6, 6.07) is 0. The van der Waals surface area contributed by atoms with E-state index in [2.05, 4.69) is 23.6 Å². The normalized spacial score (nSPS) is 27.2. The van der Waals surface area contributed by atoms with Crippen molar-refractivity contribution in [2.24, 2.45) is 0 Å². The summed E-state index contributed by atoms with van der Waals surface area (Å²) in [6.07, 6.45) is 5.60. The molecule has 0 aromatic rings. The fourth-order valence-electron chi connectivity index (χ4n) is 2.73. The molecule has 2 rings (SSSR count). The van der Waals surface area contributed by atoms with Crippen molar-refractivity contribution in [2.45, 2.75) is 45.2 Å². The molecule has 13 heavy (non-hydrogen) atoms. The molecule has 0 aliphatic carbocycles. The van der Waals surface area contributed by atoms with Crippen molar-refractivity contribution in [1.29, 1.82) is 0 Å². The van der Waals surface area contributed by atoms with Gasteiger partial charge in [-0.25, -0.2) is 0 Å². The molecular weight excluding hydrogens is 160 g/mol. The van der Waals surface area contributed by atoms with Crippen LogP contribution in [-0.4, -0.2) is 41.6 Å². The standard InChI is InChI=1S/C11H22N2/c1-11(2,12-7-3-4-8-12)13-9-5-6-10-13/h3-10H2,1-2H3. The van der Waals surface area contributed by atoms with Gasteiger partial charge in [0.2, 0.25) is 0 Å². The molecule has 0 amide bonds. The summed E-state index contributed by atoms with van der Waals surface area (Å²) < 4.78 is 0. The molecule has 2 aliphatic rings. The van der Waals surface area contributed by atoms with Gasteiger partial charge in [-0.15, -0.1) is 0 Å². The third-order valence-electron chi connectivity index (χ3n) is 3.76. The minimum absolute atomic E-state index is 0.326. The topological polar surface area (TPSA) is 6.48 Å². The highest BCUT2D eigenvalue weighted by Crippen LogP contribution is 2.27. The second-order valence-electron chi connectivity index (χ2n) is 4.88. The predicted octanol–water partition coefficient (Wildman–Crippen LogP) is 1.91. The first-order valence-corrected chi connectivity index (χ1v) is 5.71. The summed E-state index contributed by atoms with van der Waals surface area (Å²) in [7, 11) is 0. The van der Waals surface area contributed by atoms with Gasteiger partial charge in [0.1, 0.15) is 0 Å². The maximum Gasteiger partial charge on any atom is 0.0679 e. The zero-order valence-corrected chi connectivity index (χ0v) is 9.05. The molecule has 2 fully saturated rings. The van der Waals surface area contributed by atoms with Crippen LogP contribution in [0.2, 0.25) is 0 Å². The molecule has 0 saturated carbocycles. The Hall–Kier alpha value is -0.0800. The second kappa shape index (κ2) is 3.58. The van der Waals surface area contributed by atoms with E-state index >= 15 is 0 Å². The van der Waals surface area contributed by atoms with E-state index < -0.39 is 0 Å². The fourth-order valence-corrected chi connectivity index (χ4v) is 2.73. The van der Waals surface area contributed by atoms with Gasteiger partial charge in [0, 0.05) is 0 Å². The molecule has 0 spiro atoms. The van der Waals surface area contributed by atoms with Crippen molar-refractivity contribution in [3.8, 4) is 0 Å². The van der Waals surface area contributed by atoms with Gasteiger partial charge in [-0.2, -0.15) is 0 Å². The predicted molar refractivity (Wildman–Crippen MR) is 55.7 cm³/mol. The van der Waals surface area contributed by atoms with Gasteiger partial charge < -0.3 is 0 Å². The number of hydrogen-bond acceptors (Lipinski definition) is 2. The zero-order valence-electron chi connectivity index (χ0n) is 9.05. The van der Waals surface area contributed by atoms with Gasteiger partial charge in [0.25, 0.3) is 0 Å². The van der Waals surface area contributed by atoms with E-state index in [-0.39, 0.29) is 0 Å². The Balaban J connectivity index is 1.99. The lowest BCUT2D eigenvalue weighted by Gasteiger charge is -2.43. The molecule has 2 heterocycles. The van der Waals surface area contributed by atoms with Crippen molar-refractivity contribution in [1.82, 2.24) is 9.80 Å². The van der Waals surface area contributed by atoms with Gasteiger partial charge in [0.15, 0.2) is 0 Å². The minimum atomic E-state index is 0.326. The average Bonchev–Trinajstić information content (AvgIpc) is 2.78. The van der Waals surface area contributed by atoms with Crippen LogP contribution in [0.3, 0.4) is 0 Å². The van der Waals surface area contributed by atoms with Crippen molar-refractivity contribution >= 4 is 0 Å². The molecular formula is C11H22N2. The summed E-state index contributed by atoms with van der Waals surface area (Å²) in [5, 5.41) is 0. The van der Waals surface area contributed by atoms with E-state index in [0.717, 1.165) is 0 Å². The Kier molecular flexibility index (Phi) is 2.61. The van der Waals surface area contributed by atoms with Crippen molar-refractivity contribution in [3.63, 3.8) is 0 Å². The molecule has 0 aromatic heterocycles. The van der Waals surface area contributed by atoms with E-state index in [1.807, 2.05) is 0 Å². The Bertz CT molecular complexity index is 147. The van der Waals surface area contributed by atoms with Crippen LogP contribution < -0.4 is 0 Å². The molecule has 2 heteroatoms. The van der Waals surface area contributed by atoms with E-state index in [4.69, 9.17) is 0 Å². The average molecular weight is 182 g/mol. The van der Waals surface area contributed by atoms with Crippen molar-refractivity contribution in [2.75, 3.05) is 26.2 Å². The Labute approximate surface area is 81.9 Å². The van der Waals surface area contributed by atoms with Gasteiger partial charge >= 0.3 is 0 Å². The second-order valence-corrected chi connectivity index (χ2v) is 4.88. The molecule has 0 unspecified atom stereocenters. The van der Waals surface area contributed by atoms with Crippen LogP contribution in [0.5, 0.6) is 0 Å². The highest BCUT2D eigenvalue weighted by atomic mass is 15.4. The lowest BCUT2D eigenvalue weighted by atomic mass is 10.1. The summed E-state index contributed by atoms with van der Waals surface area (Å²) in [5.41, 5.74) is 0.326. The Morgan fingerprint density at radius 3 is 1.31 bits per heavy atom. The van der Waals surface area contributed by atoms with E-state index in [0.29, 0.717) is 5.66 Å². The molecule has 2 saturated heterocycles. The molecule has 2 nitrogen and oxygen atoms in total. The van der Waals surface area contributed by atoms with Gasteiger partial charge in [0.05, 0.1) is 5.66 Å². The van der Waals surface area contributed by atoms with Crippen LogP contribution in [0, 0.1) is 0 Å². The smallest absolute Gasteiger partial charge is 0.0679 e. The third kappa shape index (κ3) is 1.75. The highest BCUT2D eigenvalue weighted by molar-refractivity contribution is 4.87. The van der Waals surface area contributed by atoms with Crippen LogP contribution in [0.25, 0.3) is 0 Å². The van der Waals surface area contributed by atoms with Crippen LogP contribution in [0.15, 0.2) is 0 Å². The van der Waals surface area contributed by atoms with Crippen LogP contribution >= 0.6 is 0 Å². The van der Waals surface area contributed by atoms with Gasteiger partial charge in [-0.3, -0.25) is 9.80 Å². The molecule has 0 radical (unpaired) electrons. The molecule has 76 valence electrons. The molecule has 0 aromatic carbocycles. The molecule has 0 N–H and O–H groups in total. The molecule has 0 bridgehead atoms. The maximum absolute atomic E-state index is 2.65. The van der Waals surface area contributed by atoms with E-state index in [9.17, 15) is 0 Å². The number of hydrogen-bond donors (Lipinski definition) is 0. The summed E-state index contributed by atoms with van der Waals surface area (Å²) in [5.74, 6) is 0. The van der Waals surface area contributed by atoms with Crippen LogP contribution in [0.1, 0.15) is 39.5 Å². The van der Waals surface area contributed by atoms with Gasteiger partial charge in [-0.05, 0) is 65.7 Å². The number of likely N-dealkylation sites (tertiary alicyclic amines) is 2. The minimum Gasteiger partial charge on any atom is -0.286 e. The highest BCUT2D eigenvalue weighted by Gasteiger charge is 2.35.